The number of benzene rings is 2. The number of ketones is 1. The number of rotatable bonds is 5. The van der Waals surface area contributed by atoms with E-state index in [1.807, 2.05) is 30.3 Å². The summed E-state index contributed by atoms with van der Waals surface area (Å²) in [6, 6.07) is 18.3. The van der Waals surface area contributed by atoms with Crippen molar-refractivity contribution in [2.24, 2.45) is 0 Å². The molecule has 0 unspecified atom stereocenters. The molecule has 2 N–H and O–H groups in total. The van der Waals surface area contributed by atoms with Gasteiger partial charge in [-0.1, -0.05) is 30.3 Å². The number of pyridine rings is 2. The summed E-state index contributed by atoms with van der Waals surface area (Å²) in [6.45, 7) is 1.49. The van der Waals surface area contributed by atoms with Crippen LogP contribution in [0.3, 0.4) is 0 Å². The lowest BCUT2D eigenvalue weighted by Gasteiger charge is -2.10. The average Bonchev–Trinajstić information content (AvgIpc) is 2.74. The summed E-state index contributed by atoms with van der Waals surface area (Å²) < 4.78 is 0. The van der Waals surface area contributed by atoms with Gasteiger partial charge in [0.1, 0.15) is 0 Å². The fourth-order valence-electron chi connectivity index (χ4n) is 3.01. The first kappa shape index (κ1) is 18.3. The monoisotopic (exact) mass is 382 g/mol. The molecule has 0 saturated carbocycles. The smallest absolute Gasteiger partial charge is 0.257 e. The summed E-state index contributed by atoms with van der Waals surface area (Å²) in [5.74, 6) is -0.365. The minimum atomic E-state index is -0.308. The van der Waals surface area contributed by atoms with Gasteiger partial charge in [-0.25, -0.2) is 0 Å². The maximum atomic E-state index is 12.6. The van der Waals surface area contributed by atoms with Crippen molar-refractivity contribution in [2.45, 2.75) is 6.92 Å². The SMILES string of the molecule is CC(=O)c1cccc(NC(=O)c2cncc(Nc3cccc4cccnc34)c2)c1. The third-order valence-corrected chi connectivity index (χ3v) is 4.44. The van der Waals surface area contributed by atoms with Gasteiger partial charge in [-0.2, -0.15) is 0 Å². The van der Waals surface area contributed by atoms with E-state index in [2.05, 4.69) is 20.6 Å². The van der Waals surface area contributed by atoms with E-state index in [-0.39, 0.29) is 11.7 Å². The first-order valence-corrected chi connectivity index (χ1v) is 9.08. The van der Waals surface area contributed by atoms with Crippen molar-refractivity contribution < 1.29 is 9.59 Å². The van der Waals surface area contributed by atoms with E-state index < -0.39 is 0 Å². The Labute approximate surface area is 167 Å². The van der Waals surface area contributed by atoms with Crippen LogP contribution in [0.2, 0.25) is 0 Å². The van der Waals surface area contributed by atoms with Crippen LogP contribution in [0.1, 0.15) is 27.6 Å². The highest BCUT2D eigenvalue weighted by molar-refractivity contribution is 6.05. The van der Waals surface area contributed by atoms with E-state index in [1.54, 1.807) is 42.7 Å². The van der Waals surface area contributed by atoms with Gasteiger partial charge in [0.05, 0.1) is 28.7 Å². The third kappa shape index (κ3) is 4.11. The molecule has 6 nitrogen and oxygen atoms in total. The highest BCUT2D eigenvalue weighted by atomic mass is 16.1. The lowest BCUT2D eigenvalue weighted by Crippen LogP contribution is -2.13. The molecule has 142 valence electrons. The molecule has 2 aromatic carbocycles. The van der Waals surface area contributed by atoms with Gasteiger partial charge in [0.15, 0.2) is 5.78 Å². The standard InChI is InChI=1S/C23H18N4O2/c1-15(28)17-6-2-8-19(11-17)27-23(29)18-12-20(14-24-13-18)26-21-9-3-5-16-7-4-10-25-22(16)21/h2-14,26H,1H3,(H,27,29). The summed E-state index contributed by atoms with van der Waals surface area (Å²) in [5.41, 5.74) is 3.84. The number of aromatic nitrogens is 2. The third-order valence-electron chi connectivity index (χ3n) is 4.44. The van der Waals surface area contributed by atoms with Gasteiger partial charge in [-0.3, -0.25) is 19.6 Å². The van der Waals surface area contributed by atoms with E-state index in [0.29, 0.717) is 22.5 Å². The second kappa shape index (κ2) is 7.90. The molecule has 4 aromatic rings. The van der Waals surface area contributed by atoms with Crippen LogP contribution in [0, 0.1) is 0 Å². The second-order valence-electron chi connectivity index (χ2n) is 6.56. The molecule has 29 heavy (non-hydrogen) atoms. The molecule has 4 rings (SSSR count). The lowest BCUT2D eigenvalue weighted by atomic mass is 10.1. The van der Waals surface area contributed by atoms with Crippen LogP contribution in [0.15, 0.2) is 79.3 Å². The van der Waals surface area contributed by atoms with Gasteiger partial charge < -0.3 is 10.6 Å². The maximum Gasteiger partial charge on any atom is 0.257 e. The molecule has 0 saturated heterocycles. The molecular weight excluding hydrogens is 364 g/mol. The van der Waals surface area contributed by atoms with Crippen LogP contribution < -0.4 is 10.6 Å². The number of nitrogens with zero attached hydrogens (tertiary/aromatic N) is 2. The Morgan fingerprint density at radius 3 is 2.52 bits per heavy atom. The normalized spacial score (nSPS) is 10.5. The predicted molar refractivity (Wildman–Crippen MR) is 114 cm³/mol. The molecule has 2 heterocycles. The molecule has 0 aliphatic carbocycles. The molecule has 0 bridgehead atoms. The summed E-state index contributed by atoms with van der Waals surface area (Å²) >= 11 is 0. The molecule has 0 aliphatic rings. The van der Waals surface area contributed by atoms with Gasteiger partial charge in [-0.05, 0) is 37.3 Å². The van der Waals surface area contributed by atoms with E-state index in [0.717, 1.165) is 16.6 Å². The minimum Gasteiger partial charge on any atom is -0.352 e. The van der Waals surface area contributed by atoms with Crippen LogP contribution in [0.5, 0.6) is 0 Å². The zero-order chi connectivity index (χ0) is 20.2. The molecule has 0 fully saturated rings. The minimum absolute atomic E-state index is 0.0577. The van der Waals surface area contributed by atoms with Crippen LogP contribution in [-0.2, 0) is 0 Å². The Balaban J connectivity index is 1.56. The quantitative estimate of drug-likeness (QED) is 0.483. The van der Waals surface area contributed by atoms with Crippen LogP contribution in [-0.4, -0.2) is 21.7 Å². The number of Topliss-reactive ketones (excluding diaryl/α,β-unsaturated/α-hetero) is 1. The van der Waals surface area contributed by atoms with Crippen molar-refractivity contribution >= 4 is 39.7 Å². The largest absolute Gasteiger partial charge is 0.352 e. The number of carbonyl (C=O) groups is 2. The van der Waals surface area contributed by atoms with Gasteiger partial charge in [-0.15, -0.1) is 0 Å². The molecule has 1 amide bonds. The second-order valence-corrected chi connectivity index (χ2v) is 6.56. The van der Waals surface area contributed by atoms with Crippen molar-refractivity contribution in [1.82, 2.24) is 9.97 Å². The van der Waals surface area contributed by atoms with Crippen molar-refractivity contribution in [3.8, 4) is 0 Å². The summed E-state index contributed by atoms with van der Waals surface area (Å²) in [6.07, 6.45) is 4.89. The van der Waals surface area contributed by atoms with Crippen LogP contribution >= 0.6 is 0 Å². The Bertz CT molecular complexity index is 1210. The van der Waals surface area contributed by atoms with E-state index in [4.69, 9.17) is 0 Å². The highest BCUT2D eigenvalue weighted by Gasteiger charge is 2.10. The summed E-state index contributed by atoms with van der Waals surface area (Å²) in [4.78, 5) is 32.8. The number of hydrogen-bond acceptors (Lipinski definition) is 5. The zero-order valence-corrected chi connectivity index (χ0v) is 15.7. The average molecular weight is 382 g/mol. The molecule has 2 aromatic heterocycles. The summed E-state index contributed by atoms with van der Waals surface area (Å²) in [7, 11) is 0. The maximum absolute atomic E-state index is 12.6. The lowest BCUT2D eigenvalue weighted by molar-refractivity contribution is 0.101. The molecule has 0 atom stereocenters. The van der Waals surface area contributed by atoms with Gasteiger partial charge in [0, 0.05) is 29.0 Å². The fraction of sp³-hybridized carbons (Fsp3) is 0.0435. The molecule has 0 aliphatic heterocycles. The number of para-hydroxylation sites is 1. The highest BCUT2D eigenvalue weighted by Crippen LogP contribution is 2.24. The Hall–Kier alpha value is -4.06. The molecule has 0 spiro atoms. The van der Waals surface area contributed by atoms with Crippen molar-refractivity contribution in [3.63, 3.8) is 0 Å². The Morgan fingerprint density at radius 1 is 0.862 bits per heavy atom. The topological polar surface area (TPSA) is 84.0 Å². The first-order chi connectivity index (χ1) is 14.1. The van der Waals surface area contributed by atoms with Crippen molar-refractivity contribution in [1.29, 1.82) is 0 Å². The van der Waals surface area contributed by atoms with E-state index in [9.17, 15) is 9.59 Å². The molecule has 6 heteroatoms. The molecular formula is C23H18N4O2. The van der Waals surface area contributed by atoms with Gasteiger partial charge >= 0.3 is 0 Å². The summed E-state index contributed by atoms with van der Waals surface area (Å²) in [5, 5.41) is 7.10. The van der Waals surface area contributed by atoms with E-state index in [1.165, 1.54) is 13.1 Å². The Kier molecular flexibility index (Phi) is 4.99. The number of nitrogens with one attached hydrogen (secondary N) is 2. The van der Waals surface area contributed by atoms with Crippen molar-refractivity contribution in [2.75, 3.05) is 10.6 Å². The molecule has 0 radical (unpaired) electrons. The van der Waals surface area contributed by atoms with Crippen LogP contribution in [0.4, 0.5) is 17.1 Å². The predicted octanol–water partition coefficient (Wildman–Crippen LogP) is 4.83. The zero-order valence-electron chi connectivity index (χ0n) is 15.7. The van der Waals surface area contributed by atoms with Gasteiger partial charge in [0.25, 0.3) is 5.91 Å². The number of anilines is 3. The van der Waals surface area contributed by atoms with Gasteiger partial charge in [0.2, 0.25) is 0 Å². The Morgan fingerprint density at radius 2 is 1.66 bits per heavy atom. The number of hydrogen-bond donors (Lipinski definition) is 2. The first-order valence-electron chi connectivity index (χ1n) is 9.08. The van der Waals surface area contributed by atoms with Crippen LogP contribution in [0.25, 0.3) is 10.9 Å². The fourth-order valence-corrected chi connectivity index (χ4v) is 3.01. The number of amides is 1. The number of fused-ring (bicyclic) bond motifs is 1. The van der Waals surface area contributed by atoms with Crippen molar-refractivity contribution in [3.05, 3.63) is 90.4 Å². The number of carbonyl (C=O) groups excluding carboxylic acids is 2. The van der Waals surface area contributed by atoms with E-state index >= 15 is 0 Å².